The first-order chi connectivity index (χ1) is 18.6. The molecule has 40 heavy (non-hydrogen) atoms. The first kappa shape index (κ1) is 32.8. The second-order valence-electron chi connectivity index (χ2n) is 8.52. The molecule has 0 unspecified atom stereocenters. The number of hydrogen-bond donors (Lipinski definition) is 3. The Balaban J connectivity index is 0.00000226. The van der Waals surface area contributed by atoms with E-state index >= 15 is 0 Å². The fraction of sp³-hybridized carbons (Fsp3) is 0.417. The van der Waals surface area contributed by atoms with E-state index in [4.69, 9.17) is 15.0 Å². The number of nitrogen functional groups attached to an aromatic ring is 1. The van der Waals surface area contributed by atoms with Crippen molar-refractivity contribution in [1.29, 1.82) is 0 Å². The largest absolute Gasteiger partial charge is 0.477 e. The van der Waals surface area contributed by atoms with Crippen molar-refractivity contribution >= 4 is 39.7 Å². The number of rotatable bonds is 8. The van der Waals surface area contributed by atoms with Gasteiger partial charge in [-0.2, -0.15) is 0 Å². The molecule has 222 valence electrons. The number of ether oxygens (including phenoxy) is 1. The molecule has 0 saturated carbocycles. The van der Waals surface area contributed by atoms with Gasteiger partial charge < -0.3 is 25.8 Å². The summed E-state index contributed by atoms with van der Waals surface area (Å²) in [6.45, 7) is 4.59. The predicted octanol–water partition coefficient (Wildman–Crippen LogP) is 2.12. The Morgan fingerprint density at radius 2 is 1.88 bits per heavy atom. The van der Waals surface area contributed by atoms with E-state index in [9.17, 15) is 13.2 Å². The number of sulfonamides is 1. The number of aromatic nitrogens is 5. The number of anilines is 2. The Labute approximate surface area is 240 Å². The van der Waals surface area contributed by atoms with Gasteiger partial charge in [0.25, 0.3) is 0 Å². The van der Waals surface area contributed by atoms with Crippen molar-refractivity contribution in [1.82, 2.24) is 29.2 Å². The van der Waals surface area contributed by atoms with Crippen molar-refractivity contribution in [3.63, 3.8) is 0 Å². The number of nitrogens with zero attached hydrogens (tertiary/aromatic N) is 6. The zero-order valence-electron chi connectivity index (χ0n) is 22.4. The van der Waals surface area contributed by atoms with Crippen molar-refractivity contribution < 1.29 is 30.8 Å². The lowest BCUT2D eigenvalue weighted by Crippen LogP contribution is -2.51. The van der Waals surface area contributed by atoms with Gasteiger partial charge in [-0.3, -0.25) is 9.78 Å². The lowest BCUT2D eigenvalue weighted by atomic mass is 9.75. The minimum Gasteiger partial charge on any atom is -0.477 e. The predicted molar refractivity (Wildman–Crippen MR) is 157 cm³/mol. The van der Waals surface area contributed by atoms with Crippen molar-refractivity contribution in [2.75, 3.05) is 42.8 Å². The van der Waals surface area contributed by atoms with E-state index in [2.05, 4.69) is 30.2 Å². The number of hydrogen-bond acceptors (Lipinski definition) is 12. The van der Waals surface area contributed by atoms with Gasteiger partial charge in [0.2, 0.25) is 27.8 Å². The van der Waals surface area contributed by atoms with Crippen LogP contribution in [0.15, 0.2) is 43.0 Å². The summed E-state index contributed by atoms with van der Waals surface area (Å²) in [6.07, 6.45) is 7.82. The molecule has 0 atom stereocenters. The lowest BCUT2D eigenvalue weighted by molar-refractivity contribution is -0.123. The third-order valence-electron chi connectivity index (χ3n) is 5.98. The molecule has 3 aromatic heterocycles. The maximum Gasteiger partial charge on any atom is 0.237 e. The zero-order valence-corrected chi connectivity index (χ0v) is 24.1. The second kappa shape index (κ2) is 14.8. The van der Waals surface area contributed by atoms with Crippen LogP contribution in [0.2, 0.25) is 0 Å². The smallest absolute Gasteiger partial charge is 0.237 e. The monoisotopic (exact) mass is 598 g/mol. The maximum atomic E-state index is 13.6. The molecule has 14 nitrogen and oxygen atoms in total. The number of piperidine rings is 1. The van der Waals surface area contributed by atoms with Crippen LogP contribution in [0.25, 0.3) is 11.3 Å². The van der Waals surface area contributed by atoms with Gasteiger partial charge in [0.05, 0.1) is 42.1 Å². The summed E-state index contributed by atoms with van der Waals surface area (Å²) in [5.41, 5.74) is 6.43. The van der Waals surface area contributed by atoms with Crippen LogP contribution in [-0.4, -0.2) is 85.3 Å². The van der Waals surface area contributed by atoms with Gasteiger partial charge in [-0.25, -0.2) is 32.7 Å². The van der Waals surface area contributed by atoms with E-state index in [1.807, 2.05) is 13.8 Å². The first-order valence-corrected chi connectivity index (χ1v) is 14.9. The summed E-state index contributed by atoms with van der Waals surface area (Å²) >= 11 is 0.856. The average molecular weight is 599 g/mol. The molecule has 1 aliphatic rings. The number of nitrogens with two attached hydrogens (primary N) is 1. The van der Waals surface area contributed by atoms with Gasteiger partial charge in [0.15, 0.2) is 0 Å². The standard InChI is InChI=1S/C22H26N8O4S.C2H6OS.H2O.2H2/c1-3-34-19-14-24-13-16(27-19)15-4-5-18(26-12-15)29-20(31)22(17-6-9-25-21(23)28-17)7-10-30(11-8-22)35(2,32)33;1-2-4-3;;;/h4-6,9,12-14H,3,7-8,10-11H2,1-2H3,(H2,23,25,28)(H,26,29,31);3H,2H2,1H3;1H2;2*1H. The molecule has 1 fully saturated rings. The van der Waals surface area contributed by atoms with E-state index in [0.29, 0.717) is 35.3 Å². The molecule has 16 heteroatoms. The quantitative estimate of drug-likeness (QED) is 0.318. The number of nitrogens with one attached hydrogen (secondary N) is 1. The Morgan fingerprint density at radius 3 is 2.42 bits per heavy atom. The van der Waals surface area contributed by atoms with E-state index in [-0.39, 0.29) is 46.1 Å². The summed E-state index contributed by atoms with van der Waals surface area (Å²) in [5.74, 6) is 1.23. The molecule has 1 aliphatic heterocycles. The summed E-state index contributed by atoms with van der Waals surface area (Å²) in [7, 11) is -3.38. The zero-order chi connectivity index (χ0) is 28.5. The van der Waals surface area contributed by atoms with Crippen LogP contribution < -0.4 is 15.8 Å². The summed E-state index contributed by atoms with van der Waals surface area (Å²) < 4.78 is 38.6. The van der Waals surface area contributed by atoms with Crippen molar-refractivity contribution in [2.45, 2.75) is 32.1 Å². The molecule has 1 saturated heterocycles. The van der Waals surface area contributed by atoms with E-state index in [1.54, 1.807) is 30.6 Å². The molecule has 0 spiro atoms. The van der Waals surface area contributed by atoms with Crippen LogP contribution in [0, 0.1) is 0 Å². The molecule has 0 aliphatic carbocycles. The highest BCUT2D eigenvalue weighted by Crippen LogP contribution is 2.36. The fourth-order valence-electron chi connectivity index (χ4n) is 4.00. The van der Waals surface area contributed by atoms with Gasteiger partial charge >= 0.3 is 0 Å². The highest BCUT2D eigenvalue weighted by Gasteiger charge is 2.46. The fourth-order valence-corrected chi connectivity index (χ4v) is 4.85. The topological polar surface area (TPSA) is 218 Å². The van der Waals surface area contributed by atoms with Gasteiger partial charge in [0, 0.05) is 39.7 Å². The maximum absolute atomic E-state index is 13.6. The third-order valence-corrected chi connectivity index (χ3v) is 7.54. The normalized spacial score (nSPS) is 14.7. The summed E-state index contributed by atoms with van der Waals surface area (Å²) in [4.78, 5) is 34.7. The van der Waals surface area contributed by atoms with Crippen LogP contribution in [-0.2, 0) is 20.2 Å². The second-order valence-corrected chi connectivity index (χ2v) is 11.3. The average Bonchev–Trinajstić information content (AvgIpc) is 2.93. The van der Waals surface area contributed by atoms with Crippen LogP contribution in [0.4, 0.5) is 11.8 Å². The molecular weight excluding hydrogens is 560 g/mol. The molecular formula is C24H38N8O6S2. The van der Waals surface area contributed by atoms with Crippen LogP contribution in [0.1, 0.15) is 35.2 Å². The molecule has 1 amide bonds. The van der Waals surface area contributed by atoms with Crippen molar-refractivity contribution in [3.05, 3.63) is 48.7 Å². The molecule has 4 heterocycles. The number of carbonyl (C=O) groups excluding carboxylic acids is 1. The highest BCUT2D eigenvalue weighted by atomic mass is 32.2. The van der Waals surface area contributed by atoms with E-state index < -0.39 is 15.4 Å². The molecule has 0 bridgehead atoms. The van der Waals surface area contributed by atoms with Gasteiger partial charge in [-0.15, -0.1) is 0 Å². The summed E-state index contributed by atoms with van der Waals surface area (Å²) in [6, 6.07) is 5.06. The van der Waals surface area contributed by atoms with E-state index in [1.165, 1.54) is 16.7 Å². The number of carbonyl (C=O) groups is 1. The van der Waals surface area contributed by atoms with Gasteiger partial charge in [0.1, 0.15) is 5.82 Å². The van der Waals surface area contributed by atoms with E-state index in [0.717, 1.165) is 24.1 Å². The van der Waals surface area contributed by atoms with Gasteiger partial charge in [-0.05, 0) is 50.0 Å². The molecule has 0 radical (unpaired) electrons. The van der Waals surface area contributed by atoms with Crippen molar-refractivity contribution in [2.24, 2.45) is 0 Å². The molecule has 3 aromatic rings. The summed E-state index contributed by atoms with van der Waals surface area (Å²) in [5, 5.41) is 2.85. The molecule has 6 N–H and O–H groups in total. The van der Waals surface area contributed by atoms with Crippen LogP contribution in [0.3, 0.4) is 0 Å². The van der Waals surface area contributed by atoms with Crippen molar-refractivity contribution in [3.8, 4) is 17.1 Å². The minimum atomic E-state index is -3.38. The van der Waals surface area contributed by atoms with Gasteiger partial charge in [-0.1, -0.05) is 6.92 Å². The lowest BCUT2D eigenvalue weighted by Gasteiger charge is -2.39. The number of amides is 1. The Bertz CT molecular complexity index is 1360. The molecule has 4 rings (SSSR count). The SMILES string of the molecule is CCOc1cncc(-c2ccc(NC(=O)C3(c4ccnc(N)n4)CCN(S(C)(=O)=O)CC3)nc2)n1.CCSO.O.[HH].[HH]. The minimum absolute atomic E-state index is 0. The number of pyridine rings is 1. The van der Waals surface area contributed by atoms with Crippen LogP contribution >= 0.6 is 12.0 Å². The van der Waals surface area contributed by atoms with Crippen LogP contribution in [0.5, 0.6) is 5.88 Å². The Morgan fingerprint density at radius 1 is 1.18 bits per heavy atom. The molecule has 0 aromatic carbocycles. The Hall–Kier alpha value is -3.44. The third kappa shape index (κ3) is 8.28. The first-order valence-electron chi connectivity index (χ1n) is 12.2. The highest BCUT2D eigenvalue weighted by molar-refractivity contribution is 7.93. The Kier molecular flexibility index (Phi) is 12.1.